The fraction of sp³-hybridized carbons (Fsp3) is 1.00. The number of nitrogens with zero attached hydrogens (tertiary/aromatic N) is 6. The fourth-order valence-corrected chi connectivity index (χ4v) is 11.2. The van der Waals surface area contributed by atoms with Gasteiger partial charge in [-0.15, -0.1) is 8.67 Å². The zero-order valence-corrected chi connectivity index (χ0v) is 31.4. The summed E-state index contributed by atoms with van der Waals surface area (Å²) >= 11 is 1.93. The lowest BCUT2D eigenvalue weighted by Crippen LogP contribution is -2.57. The lowest BCUT2D eigenvalue weighted by molar-refractivity contribution is -0.432. The number of fused-ring (bicyclic) bond motifs is 1. The minimum Gasteiger partial charge on any atom is -0.390 e. The van der Waals surface area contributed by atoms with E-state index in [1.165, 1.54) is 0 Å². The summed E-state index contributed by atoms with van der Waals surface area (Å²) in [5.74, 6) is -0.369. The molecule has 18 nitrogen and oxygen atoms in total. The Hall–Kier alpha value is -0.950. The van der Waals surface area contributed by atoms with Crippen molar-refractivity contribution in [3.05, 3.63) is 0 Å². The molecule has 5 fully saturated rings. The van der Waals surface area contributed by atoms with Gasteiger partial charge in [-0.3, -0.25) is 4.55 Å². The van der Waals surface area contributed by atoms with Gasteiger partial charge in [-0.05, 0) is 94.8 Å². The monoisotopic (exact) mass is 783 g/mol. The van der Waals surface area contributed by atoms with Crippen molar-refractivity contribution in [2.75, 3.05) is 7.11 Å². The molecule has 15 unspecified atom stereocenters. The number of aliphatic hydroxyl groups is 1. The van der Waals surface area contributed by atoms with Crippen LogP contribution in [0.25, 0.3) is 0 Å². The van der Waals surface area contributed by atoms with Crippen molar-refractivity contribution in [2.45, 2.75) is 161 Å². The first-order valence-electron chi connectivity index (χ1n) is 17.9. The maximum Gasteiger partial charge on any atom is 0.269 e. The Labute approximate surface area is 307 Å². The largest absolute Gasteiger partial charge is 0.390 e. The first kappa shape index (κ1) is 41.2. The first-order valence-corrected chi connectivity index (χ1v) is 21.0. The van der Waals surface area contributed by atoms with Crippen molar-refractivity contribution in [3.63, 3.8) is 0 Å². The van der Waals surface area contributed by atoms with Crippen LogP contribution in [0.4, 0.5) is 0 Å². The zero-order chi connectivity index (χ0) is 36.5. The summed E-state index contributed by atoms with van der Waals surface area (Å²) in [6.45, 7) is 2.13. The van der Waals surface area contributed by atoms with E-state index in [9.17, 15) is 18.1 Å². The normalized spacial score (nSPS) is 42.8. The molecular formula is C30H53N7O11S3. The van der Waals surface area contributed by atoms with E-state index in [-0.39, 0.29) is 72.2 Å². The SMILES string of the molecule is COC1CC(N=NC2CCCC(SOOO)C2)CCC1N=NC1CCC(N=NC2C(SOOO)CC3CC(S(=O)(=O)O)C(N)CC3C2O)CC1C. The summed E-state index contributed by atoms with van der Waals surface area (Å²) in [7, 11) is -2.64. The molecule has 0 saturated heterocycles. The molecule has 5 saturated carbocycles. The van der Waals surface area contributed by atoms with Gasteiger partial charge in [0.05, 0.1) is 47.7 Å². The molecule has 0 aromatic heterocycles. The van der Waals surface area contributed by atoms with Gasteiger partial charge in [0.15, 0.2) is 0 Å². The average molecular weight is 784 g/mol. The maximum absolute atomic E-state index is 11.9. The number of nitrogens with two attached hydrogens (primary N) is 1. The summed E-state index contributed by atoms with van der Waals surface area (Å²) in [5, 5.41) is 62.9. The molecule has 0 radical (unpaired) electrons. The van der Waals surface area contributed by atoms with E-state index < -0.39 is 38.8 Å². The number of ether oxygens (including phenoxy) is 1. The van der Waals surface area contributed by atoms with Crippen LogP contribution in [-0.4, -0.2) is 106 Å². The van der Waals surface area contributed by atoms with E-state index in [2.05, 4.69) is 41.8 Å². The average Bonchev–Trinajstić information content (AvgIpc) is 3.11. The van der Waals surface area contributed by atoms with Gasteiger partial charge in [-0.25, -0.2) is 10.5 Å². The van der Waals surface area contributed by atoms with Crippen LogP contribution in [0.1, 0.15) is 90.4 Å². The number of rotatable bonds is 14. The minimum atomic E-state index is -4.34. The molecule has 0 aliphatic heterocycles. The molecular weight excluding hydrogens is 731 g/mol. The van der Waals surface area contributed by atoms with Crippen LogP contribution < -0.4 is 5.73 Å². The van der Waals surface area contributed by atoms with Crippen molar-refractivity contribution in [1.29, 1.82) is 0 Å². The smallest absolute Gasteiger partial charge is 0.269 e. The quantitative estimate of drug-likeness (QED) is 0.0486. The second-order valence-electron chi connectivity index (χ2n) is 14.8. The van der Waals surface area contributed by atoms with Crippen molar-refractivity contribution in [2.24, 2.45) is 54.2 Å². The third-order valence-corrected chi connectivity index (χ3v) is 14.5. The third kappa shape index (κ3) is 11.3. The van der Waals surface area contributed by atoms with Gasteiger partial charge < -0.3 is 15.6 Å². The molecule has 15 atom stereocenters. The molecule has 0 aromatic carbocycles. The predicted molar refractivity (Wildman–Crippen MR) is 186 cm³/mol. The van der Waals surface area contributed by atoms with Gasteiger partial charge in [-0.1, -0.05) is 23.4 Å². The molecule has 0 heterocycles. The molecule has 51 heavy (non-hydrogen) atoms. The lowest BCUT2D eigenvalue weighted by Gasteiger charge is -2.47. The molecule has 5 aliphatic carbocycles. The highest BCUT2D eigenvalue weighted by Crippen LogP contribution is 2.46. The van der Waals surface area contributed by atoms with Crippen LogP contribution in [0.3, 0.4) is 0 Å². The summed E-state index contributed by atoms with van der Waals surface area (Å²) in [4.78, 5) is 0. The van der Waals surface area contributed by atoms with Gasteiger partial charge in [0.2, 0.25) is 0 Å². The highest BCUT2D eigenvalue weighted by atomic mass is 32.2. The Balaban J connectivity index is 1.11. The van der Waals surface area contributed by atoms with Crippen LogP contribution in [0.15, 0.2) is 30.7 Å². The van der Waals surface area contributed by atoms with Crippen LogP contribution in [-0.2, 0) is 33.6 Å². The van der Waals surface area contributed by atoms with Crippen molar-refractivity contribution >= 4 is 34.2 Å². The number of aliphatic hydroxyl groups excluding tert-OH is 1. The molecule has 5 rings (SSSR count). The molecule has 5 aliphatic rings. The molecule has 0 spiro atoms. The van der Waals surface area contributed by atoms with Crippen LogP contribution >= 0.6 is 24.1 Å². The molecule has 6 N–H and O–H groups in total. The van der Waals surface area contributed by atoms with Crippen molar-refractivity contribution < 1.29 is 52.1 Å². The Morgan fingerprint density at radius 1 is 0.745 bits per heavy atom. The van der Waals surface area contributed by atoms with E-state index in [1.807, 2.05) is 0 Å². The number of hydrogen-bond donors (Lipinski definition) is 5. The number of methoxy groups -OCH3 is 1. The first-order chi connectivity index (χ1) is 24.5. The van der Waals surface area contributed by atoms with Crippen LogP contribution in [0, 0.1) is 17.8 Å². The van der Waals surface area contributed by atoms with Crippen molar-refractivity contribution in [1.82, 2.24) is 0 Å². The van der Waals surface area contributed by atoms with E-state index in [0.717, 1.165) is 88.3 Å². The summed E-state index contributed by atoms with van der Waals surface area (Å²) in [6.07, 6.45) is 8.17. The maximum atomic E-state index is 11.9. The Morgan fingerprint density at radius 2 is 1.39 bits per heavy atom. The summed E-state index contributed by atoms with van der Waals surface area (Å²) in [6, 6.07) is -1.37. The Morgan fingerprint density at radius 3 is 2.08 bits per heavy atom. The van der Waals surface area contributed by atoms with E-state index in [1.54, 1.807) is 7.11 Å². The zero-order valence-electron chi connectivity index (χ0n) is 29.0. The topological polar surface area (TPSA) is 261 Å². The second-order valence-corrected chi connectivity index (χ2v) is 18.4. The molecule has 0 amide bonds. The van der Waals surface area contributed by atoms with E-state index in [4.69, 9.17) is 35.5 Å². The van der Waals surface area contributed by atoms with Gasteiger partial charge in [0.1, 0.15) is 11.3 Å². The highest BCUT2D eigenvalue weighted by molar-refractivity contribution is 7.95. The highest BCUT2D eigenvalue weighted by Gasteiger charge is 2.51. The molecule has 0 bridgehead atoms. The van der Waals surface area contributed by atoms with E-state index >= 15 is 0 Å². The van der Waals surface area contributed by atoms with Gasteiger partial charge >= 0.3 is 0 Å². The minimum absolute atomic E-state index is 0.0441. The van der Waals surface area contributed by atoms with Crippen LogP contribution in [0.2, 0.25) is 0 Å². The second kappa shape index (κ2) is 19.6. The van der Waals surface area contributed by atoms with Gasteiger partial charge in [0.25, 0.3) is 10.1 Å². The van der Waals surface area contributed by atoms with Gasteiger partial charge in [-0.2, -0.15) is 39.1 Å². The molecule has 292 valence electrons. The standard InChI is InChI=1S/C30H53N7O11S3/c1-16-10-19(34-37-29-27(50-48-46-40)11-17-12-28(51(41,42)43)23(31)15-22(17)30(29)38)6-8-24(16)35-36-25-9-7-20(14-26(25)44-2)33-32-18-4-3-5-21(13-18)49-47-45-39/h16-30,38-40H,3-15,31H2,1-2H3,(H,41,42,43). The Bertz CT molecular complexity index is 1290. The summed E-state index contributed by atoms with van der Waals surface area (Å²) in [5.41, 5.74) is 6.13. The lowest BCUT2D eigenvalue weighted by atomic mass is 9.66. The van der Waals surface area contributed by atoms with Crippen LogP contribution in [0.5, 0.6) is 0 Å². The summed E-state index contributed by atoms with van der Waals surface area (Å²) < 4.78 is 48.7. The number of azo groups is 3. The van der Waals surface area contributed by atoms with E-state index in [0.29, 0.717) is 6.42 Å². The third-order valence-electron chi connectivity index (χ3n) is 11.5. The fourth-order valence-electron chi connectivity index (χ4n) is 8.68. The number of hydrogen-bond acceptors (Lipinski definition) is 19. The van der Waals surface area contributed by atoms with Crippen molar-refractivity contribution in [3.8, 4) is 0 Å². The molecule has 21 heteroatoms. The Kier molecular flexibility index (Phi) is 15.8. The predicted octanol–water partition coefficient (Wildman–Crippen LogP) is 5.40. The van der Waals surface area contributed by atoms with Gasteiger partial charge in [0, 0.05) is 42.5 Å². The molecule has 0 aromatic rings.